The first-order chi connectivity index (χ1) is 13.9. The molecule has 0 aliphatic heterocycles. The first-order valence-electron chi connectivity index (χ1n) is 8.60. The van der Waals surface area contributed by atoms with E-state index >= 15 is 0 Å². The molecule has 4 N–H and O–H groups in total. The Bertz CT molecular complexity index is 1090. The van der Waals surface area contributed by atoms with Crippen molar-refractivity contribution in [1.82, 2.24) is 15.3 Å². The summed E-state index contributed by atoms with van der Waals surface area (Å²) >= 11 is 5.95. The van der Waals surface area contributed by atoms with Crippen molar-refractivity contribution in [3.8, 4) is 11.1 Å². The number of anilines is 1. The van der Waals surface area contributed by atoms with Crippen molar-refractivity contribution < 1.29 is 14.7 Å². The number of pyridine rings is 2. The van der Waals surface area contributed by atoms with Crippen molar-refractivity contribution in [2.45, 2.75) is 12.5 Å². The minimum atomic E-state index is -1.35. The lowest BCUT2D eigenvalue weighted by atomic mass is 10.0. The number of nitrogens with zero attached hydrogens (tertiary/aromatic N) is 1. The molecule has 2 aromatic heterocycles. The number of hydrogen-bond acceptors (Lipinski definition) is 4. The second-order valence-corrected chi connectivity index (χ2v) is 6.63. The number of carboxylic acid groups (broad SMARTS) is 1. The Morgan fingerprint density at radius 2 is 1.90 bits per heavy atom. The molecule has 3 aromatic rings. The summed E-state index contributed by atoms with van der Waals surface area (Å²) in [5, 5.41) is 14.2. The standard InChI is InChI=1S/C20H17ClN4O4/c21-15-3-1-2-12(8-15)9-16(25-20(28)29)19(27)24-17-10-14(11-23-18(17)26)13-4-6-22-7-5-13/h1-8,10-11,16,25H,9H2,(H,23,26)(H,24,27)(H,28,29). The summed E-state index contributed by atoms with van der Waals surface area (Å²) in [6, 6.07) is 10.7. The molecule has 1 unspecified atom stereocenters. The Hall–Kier alpha value is -3.65. The maximum absolute atomic E-state index is 12.7. The Balaban J connectivity index is 1.83. The third-order valence-corrected chi connectivity index (χ3v) is 4.35. The van der Waals surface area contributed by atoms with E-state index in [1.165, 1.54) is 12.3 Å². The number of rotatable bonds is 6. The highest BCUT2D eigenvalue weighted by Crippen LogP contribution is 2.19. The molecule has 1 aromatic carbocycles. The highest BCUT2D eigenvalue weighted by Gasteiger charge is 2.22. The smallest absolute Gasteiger partial charge is 0.405 e. The third kappa shape index (κ3) is 5.43. The first kappa shape index (κ1) is 20.1. The zero-order valence-electron chi connectivity index (χ0n) is 15.1. The molecule has 148 valence electrons. The lowest BCUT2D eigenvalue weighted by Gasteiger charge is -2.17. The topological polar surface area (TPSA) is 124 Å². The van der Waals surface area contributed by atoms with Crippen molar-refractivity contribution in [1.29, 1.82) is 0 Å². The number of H-pyrrole nitrogens is 1. The predicted molar refractivity (Wildman–Crippen MR) is 109 cm³/mol. The summed E-state index contributed by atoms with van der Waals surface area (Å²) in [5.41, 5.74) is 1.64. The minimum absolute atomic E-state index is 0.00703. The molecule has 9 heteroatoms. The molecular formula is C20H17ClN4O4. The van der Waals surface area contributed by atoms with Gasteiger partial charge in [0.15, 0.2) is 0 Å². The fourth-order valence-corrected chi connectivity index (χ4v) is 2.98. The van der Waals surface area contributed by atoms with E-state index in [1.807, 2.05) is 0 Å². The van der Waals surface area contributed by atoms with Gasteiger partial charge < -0.3 is 20.7 Å². The largest absolute Gasteiger partial charge is 0.465 e. The van der Waals surface area contributed by atoms with Gasteiger partial charge in [0.25, 0.3) is 5.56 Å². The third-order valence-electron chi connectivity index (χ3n) is 4.12. The molecule has 0 radical (unpaired) electrons. The second kappa shape index (κ2) is 9.03. The molecule has 0 saturated carbocycles. The normalized spacial score (nSPS) is 11.5. The van der Waals surface area contributed by atoms with E-state index in [1.54, 1.807) is 48.8 Å². The number of aromatic amines is 1. The van der Waals surface area contributed by atoms with Gasteiger partial charge in [0.05, 0.1) is 0 Å². The van der Waals surface area contributed by atoms with Gasteiger partial charge in [-0.1, -0.05) is 23.7 Å². The maximum Gasteiger partial charge on any atom is 0.405 e. The molecule has 8 nitrogen and oxygen atoms in total. The number of benzene rings is 1. The zero-order valence-corrected chi connectivity index (χ0v) is 15.8. The maximum atomic E-state index is 12.7. The predicted octanol–water partition coefficient (Wildman–Crippen LogP) is 2.91. The Morgan fingerprint density at radius 3 is 2.59 bits per heavy atom. The van der Waals surface area contributed by atoms with Crippen molar-refractivity contribution in [2.75, 3.05) is 5.32 Å². The number of halogens is 1. The summed E-state index contributed by atoms with van der Waals surface area (Å²) in [5.74, 6) is -0.662. The van der Waals surface area contributed by atoms with Crippen LogP contribution in [0.4, 0.5) is 10.5 Å². The van der Waals surface area contributed by atoms with E-state index < -0.39 is 23.6 Å². The van der Waals surface area contributed by atoms with Crippen molar-refractivity contribution in [3.05, 3.63) is 82.0 Å². The van der Waals surface area contributed by atoms with E-state index in [4.69, 9.17) is 16.7 Å². The van der Waals surface area contributed by atoms with Gasteiger partial charge >= 0.3 is 6.09 Å². The number of hydrogen-bond donors (Lipinski definition) is 4. The average molecular weight is 413 g/mol. The summed E-state index contributed by atoms with van der Waals surface area (Å²) in [4.78, 5) is 42.5. The van der Waals surface area contributed by atoms with Crippen LogP contribution in [0.25, 0.3) is 11.1 Å². The summed E-state index contributed by atoms with van der Waals surface area (Å²) in [7, 11) is 0. The van der Waals surface area contributed by atoms with Crippen LogP contribution in [0, 0.1) is 0 Å². The van der Waals surface area contributed by atoms with E-state index in [2.05, 4.69) is 20.6 Å². The monoisotopic (exact) mass is 412 g/mol. The molecule has 0 aliphatic carbocycles. The van der Waals surface area contributed by atoms with Crippen LogP contribution in [0.1, 0.15) is 5.56 Å². The van der Waals surface area contributed by atoms with Crippen LogP contribution < -0.4 is 16.2 Å². The summed E-state index contributed by atoms with van der Waals surface area (Å²) in [6.45, 7) is 0. The van der Waals surface area contributed by atoms with Crippen LogP contribution in [0.15, 0.2) is 65.8 Å². The van der Waals surface area contributed by atoms with Crippen LogP contribution >= 0.6 is 11.6 Å². The molecule has 0 aliphatic rings. The molecule has 0 bridgehead atoms. The van der Waals surface area contributed by atoms with Crippen LogP contribution in [0.2, 0.25) is 5.02 Å². The Kier molecular flexibility index (Phi) is 6.25. The average Bonchev–Trinajstić information content (AvgIpc) is 2.69. The fraction of sp³-hybridized carbons (Fsp3) is 0.100. The first-order valence-corrected chi connectivity index (χ1v) is 8.98. The van der Waals surface area contributed by atoms with Crippen molar-refractivity contribution >= 4 is 29.3 Å². The van der Waals surface area contributed by atoms with Gasteiger partial charge in [-0.05, 0) is 41.5 Å². The lowest BCUT2D eigenvalue weighted by molar-refractivity contribution is -0.118. The highest BCUT2D eigenvalue weighted by atomic mass is 35.5. The molecule has 0 spiro atoms. The number of amides is 2. The zero-order chi connectivity index (χ0) is 20.8. The number of aromatic nitrogens is 2. The minimum Gasteiger partial charge on any atom is -0.465 e. The number of nitrogens with one attached hydrogen (secondary N) is 3. The van der Waals surface area contributed by atoms with Gasteiger partial charge in [-0.3, -0.25) is 14.6 Å². The van der Waals surface area contributed by atoms with Gasteiger partial charge in [0, 0.05) is 35.6 Å². The molecule has 1 atom stereocenters. The molecule has 2 amide bonds. The molecule has 29 heavy (non-hydrogen) atoms. The van der Waals surface area contributed by atoms with Gasteiger partial charge in [0.2, 0.25) is 5.91 Å². The van der Waals surface area contributed by atoms with Crippen molar-refractivity contribution in [2.24, 2.45) is 0 Å². The van der Waals surface area contributed by atoms with Gasteiger partial charge in [0.1, 0.15) is 11.7 Å². The van der Waals surface area contributed by atoms with Crippen LogP contribution in [0.3, 0.4) is 0 Å². The van der Waals surface area contributed by atoms with Crippen LogP contribution in [-0.4, -0.2) is 33.1 Å². The molecular weight excluding hydrogens is 396 g/mol. The van der Waals surface area contributed by atoms with Crippen LogP contribution in [-0.2, 0) is 11.2 Å². The Labute approximate surface area is 170 Å². The van der Waals surface area contributed by atoms with E-state index in [9.17, 15) is 14.4 Å². The van der Waals surface area contributed by atoms with E-state index in [0.29, 0.717) is 16.1 Å². The van der Waals surface area contributed by atoms with E-state index in [-0.39, 0.29) is 12.1 Å². The Morgan fingerprint density at radius 1 is 1.14 bits per heavy atom. The number of carbonyl (C=O) groups is 2. The number of carbonyl (C=O) groups excluding carboxylic acids is 1. The fourth-order valence-electron chi connectivity index (χ4n) is 2.77. The molecule has 3 rings (SSSR count). The SMILES string of the molecule is O=C(O)NC(Cc1cccc(Cl)c1)C(=O)Nc1cc(-c2ccncc2)c[nH]c1=O. The van der Waals surface area contributed by atoms with Gasteiger partial charge in [-0.15, -0.1) is 0 Å². The van der Waals surface area contributed by atoms with Crippen molar-refractivity contribution in [3.63, 3.8) is 0 Å². The lowest BCUT2D eigenvalue weighted by Crippen LogP contribution is -2.45. The molecule has 0 fully saturated rings. The second-order valence-electron chi connectivity index (χ2n) is 6.19. The van der Waals surface area contributed by atoms with Crippen LogP contribution in [0.5, 0.6) is 0 Å². The van der Waals surface area contributed by atoms with Gasteiger partial charge in [-0.25, -0.2) is 4.79 Å². The van der Waals surface area contributed by atoms with Gasteiger partial charge in [-0.2, -0.15) is 0 Å². The molecule has 0 saturated heterocycles. The van der Waals surface area contributed by atoms with E-state index in [0.717, 1.165) is 5.56 Å². The quantitative estimate of drug-likeness (QED) is 0.495. The summed E-state index contributed by atoms with van der Waals surface area (Å²) in [6.07, 6.45) is 3.45. The molecule has 2 heterocycles. The summed E-state index contributed by atoms with van der Waals surface area (Å²) < 4.78 is 0. The highest BCUT2D eigenvalue weighted by molar-refractivity contribution is 6.30.